The molecule has 0 saturated heterocycles. The Balaban J connectivity index is 1.88. The molecule has 0 fully saturated rings. The molecule has 0 heterocycles. The largest absolute Gasteiger partial charge is 0.484 e. The van der Waals surface area contributed by atoms with Gasteiger partial charge >= 0.3 is 12.4 Å². The fourth-order valence-electron chi connectivity index (χ4n) is 2.07. The Kier molecular flexibility index (Phi) is 7.28. The molecule has 0 aromatic heterocycles. The molecule has 160 valence electrons. The Hall–Kier alpha value is -2.56. The van der Waals surface area contributed by atoms with E-state index in [0.717, 1.165) is 36.4 Å². The maximum absolute atomic E-state index is 13.9. The van der Waals surface area contributed by atoms with Gasteiger partial charge in [-0.05, 0) is 12.1 Å². The summed E-state index contributed by atoms with van der Waals surface area (Å²) in [4.78, 5) is 0. The molecule has 11 heteroatoms. The highest BCUT2D eigenvalue weighted by Crippen LogP contribution is 2.23. The molecule has 2 aromatic rings. The fraction of sp³-hybridized carbons (Fsp3) is 0.333. The normalized spacial score (nSPS) is 12.1. The third-order valence-electron chi connectivity index (χ3n) is 3.37. The van der Waals surface area contributed by atoms with Crippen LogP contribution < -0.4 is 9.47 Å². The first kappa shape index (κ1) is 22.7. The standard InChI is InChI=1S/C18H14F8O3/c19-15-5-13(28-9-17(21,22)23)3-1-11(15)7-27-8-12-2-4-14(6-16(12)20)29-10-18(24,25)26/h1-6H,7-10H2. The van der Waals surface area contributed by atoms with Crippen molar-refractivity contribution < 1.29 is 49.3 Å². The van der Waals surface area contributed by atoms with Crippen molar-refractivity contribution in [2.75, 3.05) is 13.2 Å². The van der Waals surface area contributed by atoms with E-state index in [4.69, 9.17) is 4.74 Å². The van der Waals surface area contributed by atoms with Gasteiger partial charge in [0.1, 0.15) is 23.1 Å². The van der Waals surface area contributed by atoms with Crippen molar-refractivity contribution in [3.05, 3.63) is 59.2 Å². The predicted molar refractivity (Wildman–Crippen MR) is 84.4 cm³/mol. The molecule has 29 heavy (non-hydrogen) atoms. The van der Waals surface area contributed by atoms with Crippen LogP contribution in [0.5, 0.6) is 11.5 Å². The second-order valence-corrected chi connectivity index (χ2v) is 5.81. The minimum atomic E-state index is -4.56. The lowest BCUT2D eigenvalue weighted by molar-refractivity contribution is -0.154. The highest BCUT2D eigenvalue weighted by Gasteiger charge is 2.29. The number of rotatable bonds is 8. The Morgan fingerprint density at radius 3 is 1.31 bits per heavy atom. The van der Waals surface area contributed by atoms with E-state index < -0.39 is 37.2 Å². The highest BCUT2D eigenvalue weighted by atomic mass is 19.4. The van der Waals surface area contributed by atoms with Gasteiger partial charge in [-0.3, -0.25) is 0 Å². The molecule has 2 rings (SSSR count). The van der Waals surface area contributed by atoms with Crippen LogP contribution in [-0.4, -0.2) is 25.6 Å². The average Bonchev–Trinajstić information content (AvgIpc) is 2.60. The van der Waals surface area contributed by atoms with Gasteiger partial charge in [-0.2, -0.15) is 26.3 Å². The molecule has 0 N–H and O–H groups in total. The van der Waals surface area contributed by atoms with Crippen LogP contribution in [0.25, 0.3) is 0 Å². The summed E-state index contributed by atoms with van der Waals surface area (Å²) in [6, 6.07) is 6.09. The van der Waals surface area contributed by atoms with Gasteiger partial charge in [0, 0.05) is 23.3 Å². The van der Waals surface area contributed by atoms with Crippen molar-refractivity contribution in [1.82, 2.24) is 0 Å². The SMILES string of the molecule is Fc1cc(OCC(F)(F)F)ccc1COCc1ccc(OCC(F)(F)F)cc1F. The van der Waals surface area contributed by atoms with Gasteiger partial charge in [0.05, 0.1) is 13.2 Å². The Labute approximate surface area is 159 Å². The van der Waals surface area contributed by atoms with E-state index in [0.29, 0.717) is 0 Å². The Bertz CT molecular complexity index is 750. The molecular weight excluding hydrogens is 416 g/mol. The molecule has 0 unspecified atom stereocenters. The molecule has 3 nitrogen and oxygen atoms in total. The maximum atomic E-state index is 13.9. The van der Waals surface area contributed by atoms with Crippen molar-refractivity contribution in [3.63, 3.8) is 0 Å². The Morgan fingerprint density at radius 1 is 0.621 bits per heavy atom. The lowest BCUT2D eigenvalue weighted by Crippen LogP contribution is -2.19. The number of hydrogen-bond acceptors (Lipinski definition) is 3. The summed E-state index contributed by atoms with van der Waals surface area (Å²) < 4.78 is 114. The van der Waals surface area contributed by atoms with Crippen LogP contribution in [0.2, 0.25) is 0 Å². The van der Waals surface area contributed by atoms with Crippen LogP contribution >= 0.6 is 0 Å². The number of benzene rings is 2. The van der Waals surface area contributed by atoms with Gasteiger partial charge in [-0.1, -0.05) is 12.1 Å². The monoisotopic (exact) mass is 430 g/mol. The summed E-state index contributed by atoms with van der Waals surface area (Å²) >= 11 is 0. The van der Waals surface area contributed by atoms with E-state index in [1.54, 1.807) is 0 Å². The first-order valence-electron chi connectivity index (χ1n) is 7.97. The number of ether oxygens (including phenoxy) is 3. The quantitative estimate of drug-likeness (QED) is 0.513. The minimum Gasteiger partial charge on any atom is -0.484 e. The predicted octanol–water partition coefficient (Wildman–Crippen LogP) is 5.56. The van der Waals surface area contributed by atoms with Crippen LogP contribution in [0.3, 0.4) is 0 Å². The third-order valence-corrected chi connectivity index (χ3v) is 3.37. The molecule has 0 aliphatic carbocycles. The van der Waals surface area contributed by atoms with Gasteiger partial charge in [-0.25, -0.2) is 8.78 Å². The third kappa shape index (κ3) is 8.14. The van der Waals surface area contributed by atoms with Crippen LogP contribution in [0, 0.1) is 11.6 Å². The minimum absolute atomic E-state index is 0.00472. The van der Waals surface area contributed by atoms with Gasteiger partial charge in [0.25, 0.3) is 0 Å². The summed E-state index contributed by atoms with van der Waals surface area (Å²) in [5.41, 5.74) is -0.00945. The summed E-state index contributed by atoms with van der Waals surface area (Å²) in [7, 11) is 0. The van der Waals surface area contributed by atoms with Gasteiger partial charge in [0.15, 0.2) is 13.2 Å². The van der Waals surface area contributed by atoms with E-state index >= 15 is 0 Å². The number of hydrogen-bond donors (Lipinski definition) is 0. The molecule has 0 radical (unpaired) electrons. The lowest BCUT2D eigenvalue weighted by Gasteiger charge is -2.12. The molecule has 0 atom stereocenters. The maximum Gasteiger partial charge on any atom is 0.422 e. The average molecular weight is 430 g/mol. The van der Waals surface area contributed by atoms with Crippen LogP contribution in [-0.2, 0) is 18.0 Å². The first-order valence-corrected chi connectivity index (χ1v) is 7.97. The number of halogens is 8. The van der Waals surface area contributed by atoms with E-state index in [1.165, 1.54) is 0 Å². The first-order chi connectivity index (χ1) is 13.4. The molecule has 0 bridgehead atoms. The topological polar surface area (TPSA) is 27.7 Å². The van der Waals surface area contributed by atoms with Gasteiger partial charge in [-0.15, -0.1) is 0 Å². The highest BCUT2D eigenvalue weighted by molar-refractivity contribution is 5.30. The summed E-state index contributed by atoms with van der Waals surface area (Å²) in [5, 5.41) is 0. The molecule has 0 aliphatic heterocycles. The van der Waals surface area contributed by atoms with Crippen molar-refractivity contribution in [3.8, 4) is 11.5 Å². The molecule has 0 spiro atoms. The zero-order chi connectivity index (χ0) is 21.7. The fourth-order valence-corrected chi connectivity index (χ4v) is 2.07. The van der Waals surface area contributed by atoms with E-state index in [2.05, 4.69) is 9.47 Å². The van der Waals surface area contributed by atoms with Crippen molar-refractivity contribution >= 4 is 0 Å². The van der Waals surface area contributed by atoms with Crippen molar-refractivity contribution in [2.45, 2.75) is 25.6 Å². The van der Waals surface area contributed by atoms with Crippen molar-refractivity contribution in [2.24, 2.45) is 0 Å². The smallest absolute Gasteiger partial charge is 0.422 e. The molecule has 0 saturated carbocycles. The summed E-state index contributed by atoms with van der Waals surface area (Å²) in [6.07, 6.45) is -9.12. The second kappa shape index (κ2) is 9.29. The summed E-state index contributed by atoms with van der Waals surface area (Å²) in [5.74, 6) is -2.38. The van der Waals surface area contributed by atoms with Gasteiger partial charge < -0.3 is 14.2 Å². The second-order valence-electron chi connectivity index (χ2n) is 5.81. The van der Waals surface area contributed by atoms with Gasteiger partial charge in [0.2, 0.25) is 0 Å². The molecule has 2 aromatic carbocycles. The molecule has 0 amide bonds. The van der Waals surface area contributed by atoms with Crippen LogP contribution in [0.1, 0.15) is 11.1 Å². The van der Waals surface area contributed by atoms with E-state index in [1.807, 2.05) is 0 Å². The molecular formula is C18H14F8O3. The zero-order valence-electron chi connectivity index (χ0n) is 14.5. The van der Waals surface area contributed by atoms with Crippen LogP contribution in [0.4, 0.5) is 35.1 Å². The van der Waals surface area contributed by atoms with Crippen molar-refractivity contribution in [1.29, 1.82) is 0 Å². The van der Waals surface area contributed by atoms with E-state index in [-0.39, 0.29) is 35.8 Å². The lowest BCUT2D eigenvalue weighted by atomic mass is 10.2. The molecule has 0 aliphatic rings. The summed E-state index contributed by atoms with van der Waals surface area (Å²) in [6.45, 7) is -3.78. The Morgan fingerprint density at radius 2 is 1.00 bits per heavy atom. The van der Waals surface area contributed by atoms with E-state index in [9.17, 15) is 35.1 Å². The van der Waals surface area contributed by atoms with Crippen LogP contribution in [0.15, 0.2) is 36.4 Å². The zero-order valence-corrected chi connectivity index (χ0v) is 14.5. The number of alkyl halides is 6.